The standard InChI is InChI=1S/C14H24NO5/c1-6-7-11(16)19-9-20-12(17)10-8-13(2,3)15(18)14(10,4)5/h10H,6-9H2,1-5H3. The number of nitrogens with zero attached hydrogens (tertiary/aromatic N) is 1. The Morgan fingerprint density at radius 3 is 2.25 bits per heavy atom. The minimum absolute atomic E-state index is 0.299. The lowest BCUT2D eigenvalue weighted by Crippen LogP contribution is -2.47. The minimum atomic E-state index is -0.825. The number of hydrogen-bond acceptors (Lipinski definition) is 5. The van der Waals surface area contributed by atoms with Gasteiger partial charge in [-0.25, -0.2) is 0 Å². The zero-order valence-electron chi connectivity index (χ0n) is 12.9. The lowest BCUT2D eigenvalue weighted by molar-refractivity contribution is -0.249. The van der Waals surface area contributed by atoms with E-state index >= 15 is 0 Å². The van der Waals surface area contributed by atoms with E-state index in [1.165, 1.54) is 0 Å². The first-order chi connectivity index (χ1) is 9.13. The van der Waals surface area contributed by atoms with Gasteiger partial charge in [-0.2, -0.15) is 0 Å². The van der Waals surface area contributed by atoms with Crippen LogP contribution in [-0.2, 0) is 24.3 Å². The Labute approximate surface area is 120 Å². The quantitative estimate of drug-likeness (QED) is 0.571. The first-order valence-electron chi connectivity index (χ1n) is 6.92. The van der Waals surface area contributed by atoms with Gasteiger partial charge in [0.15, 0.2) is 0 Å². The second-order valence-corrected chi connectivity index (χ2v) is 6.36. The molecule has 0 amide bonds. The van der Waals surface area contributed by atoms with E-state index in [9.17, 15) is 14.8 Å². The van der Waals surface area contributed by atoms with Crippen LogP contribution in [0, 0.1) is 5.92 Å². The molecule has 1 radical (unpaired) electrons. The molecule has 1 saturated heterocycles. The van der Waals surface area contributed by atoms with Crippen molar-refractivity contribution in [3.05, 3.63) is 0 Å². The molecule has 1 aliphatic rings. The highest BCUT2D eigenvalue weighted by atomic mass is 16.7. The zero-order valence-corrected chi connectivity index (χ0v) is 12.9. The van der Waals surface area contributed by atoms with Gasteiger partial charge in [0, 0.05) is 12.0 Å². The lowest BCUT2D eigenvalue weighted by Gasteiger charge is -2.32. The van der Waals surface area contributed by atoms with Crippen LogP contribution in [0.1, 0.15) is 53.9 Å². The molecule has 115 valence electrons. The lowest BCUT2D eigenvalue weighted by atomic mass is 9.87. The molecule has 0 aromatic carbocycles. The number of carbonyl (C=O) groups is 2. The summed E-state index contributed by atoms with van der Waals surface area (Å²) >= 11 is 0. The van der Waals surface area contributed by atoms with E-state index < -0.39 is 28.9 Å². The van der Waals surface area contributed by atoms with E-state index in [0.717, 1.165) is 5.06 Å². The predicted molar refractivity (Wildman–Crippen MR) is 70.7 cm³/mol. The van der Waals surface area contributed by atoms with Crippen LogP contribution in [0.2, 0.25) is 0 Å². The van der Waals surface area contributed by atoms with Crippen LogP contribution in [0.15, 0.2) is 0 Å². The van der Waals surface area contributed by atoms with Crippen LogP contribution in [0.5, 0.6) is 0 Å². The smallest absolute Gasteiger partial charge is 0.313 e. The molecule has 0 bridgehead atoms. The Bertz CT molecular complexity index is 378. The number of esters is 2. The summed E-state index contributed by atoms with van der Waals surface area (Å²) in [6.07, 6.45) is 1.40. The molecule has 0 spiro atoms. The van der Waals surface area contributed by atoms with Gasteiger partial charge in [0.1, 0.15) is 0 Å². The average Bonchev–Trinajstić information content (AvgIpc) is 2.50. The summed E-state index contributed by atoms with van der Waals surface area (Å²) in [5.74, 6) is -1.41. The molecule has 6 nitrogen and oxygen atoms in total. The van der Waals surface area contributed by atoms with E-state index in [-0.39, 0.29) is 6.79 Å². The molecule has 0 aromatic heterocycles. The summed E-state index contributed by atoms with van der Waals surface area (Å²) in [5.41, 5.74) is -1.43. The van der Waals surface area contributed by atoms with Crippen LogP contribution >= 0.6 is 0 Å². The van der Waals surface area contributed by atoms with Gasteiger partial charge in [0.25, 0.3) is 0 Å². The molecule has 0 aromatic rings. The highest BCUT2D eigenvalue weighted by molar-refractivity contribution is 5.75. The Balaban J connectivity index is 2.54. The predicted octanol–water partition coefficient (Wildman–Crippen LogP) is 2.05. The molecule has 1 heterocycles. The van der Waals surface area contributed by atoms with Crippen LogP contribution in [-0.4, -0.2) is 34.9 Å². The fraction of sp³-hybridized carbons (Fsp3) is 0.857. The molecule has 1 atom stereocenters. The Morgan fingerprint density at radius 1 is 1.20 bits per heavy atom. The molecule has 1 rings (SSSR count). The van der Waals surface area contributed by atoms with Gasteiger partial charge < -0.3 is 9.47 Å². The summed E-state index contributed by atoms with van der Waals surface area (Å²) in [5, 5.41) is 13.1. The SMILES string of the molecule is CCCC(=O)OCOC(=O)C1CC(C)(C)N([O])C1(C)C. The molecular weight excluding hydrogens is 262 g/mol. The molecule has 1 fully saturated rings. The highest BCUT2D eigenvalue weighted by Gasteiger charge is 2.55. The van der Waals surface area contributed by atoms with Crippen molar-refractivity contribution in [3.63, 3.8) is 0 Å². The van der Waals surface area contributed by atoms with Gasteiger partial charge in [0.2, 0.25) is 6.79 Å². The van der Waals surface area contributed by atoms with Gasteiger partial charge in [0.05, 0.1) is 11.5 Å². The van der Waals surface area contributed by atoms with Crippen molar-refractivity contribution >= 4 is 11.9 Å². The normalized spacial score (nSPS) is 24.4. The summed E-state index contributed by atoms with van der Waals surface area (Å²) in [6, 6.07) is 0. The molecular formula is C14H24NO5. The van der Waals surface area contributed by atoms with Crippen LogP contribution in [0.25, 0.3) is 0 Å². The van der Waals surface area contributed by atoms with Crippen molar-refractivity contribution in [1.82, 2.24) is 5.06 Å². The number of rotatable bonds is 5. The third kappa shape index (κ3) is 3.49. The number of hydroxylamine groups is 2. The van der Waals surface area contributed by atoms with Crippen molar-refractivity contribution in [2.24, 2.45) is 5.92 Å². The van der Waals surface area contributed by atoms with Gasteiger partial charge in [-0.3, -0.25) is 9.59 Å². The van der Waals surface area contributed by atoms with Gasteiger partial charge >= 0.3 is 11.9 Å². The van der Waals surface area contributed by atoms with Gasteiger partial charge in [-0.05, 0) is 40.5 Å². The summed E-state index contributed by atoms with van der Waals surface area (Å²) in [7, 11) is 0. The number of hydrogen-bond donors (Lipinski definition) is 0. The molecule has 20 heavy (non-hydrogen) atoms. The first-order valence-corrected chi connectivity index (χ1v) is 6.92. The molecule has 0 saturated carbocycles. The van der Waals surface area contributed by atoms with E-state index in [1.54, 1.807) is 27.7 Å². The Morgan fingerprint density at radius 2 is 1.80 bits per heavy atom. The van der Waals surface area contributed by atoms with Crippen LogP contribution in [0.3, 0.4) is 0 Å². The molecule has 6 heteroatoms. The van der Waals surface area contributed by atoms with Crippen LogP contribution in [0.4, 0.5) is 0 Å². The maximum Gasteiger partial charge on any atom is 0.313 e. The fourth-order valence-corrected chi connectivity index (χ4v) is 2.66. The zero-order chi connectivity index (χ0) is 15.6. The van der Waals surface area contributed by atoms with Crippen molar-refractivity contribution in [3.8, 4) is 0 Å². The largest absolute Gasteiger partial charge is 0.428 e. The number of carbonyl (C=O) groups excluding carboxylic acids is 2. The number of ether oxygens (including phenoxy) is 2. The summed E-state index contributed by atoms with van der Waals surface area (Å²) in [4.78, 5) is 23.2. The Kier molecular flexibility index (Phi) is 5.15. The minimum Gasteiger partial charge on any atom is -0.428 e. The van der Waals surface area contributed by atoms with Crippen molar-refractivity contribution in [2.45, 2.75) is 65.0 Å². The van der Waals surface area contributed by atoms with E-state index in [2.05, 4.69) is 0 Å². The van der Waals surface area contributed by atoms with E-state index in [4.69, 9.17) is 9.47 Å². The molecule has 0 N–H and O–H groups in total. The third-order valence-corrected chi connectivity index (χ3v) is 3.79. The second-order valence-electron chi connectivity index (χ2n) is 6.36. The average molecular weight is 286 g/mol. The molecule has 1 aliphatic heterocycles. The Hall–Kier alpha value is -1.14. The topological polar surface area (TPSA) is 75.7 Å². The van der Waals surface area contributed by atoms with Gasteiger partial charge in [-0.15, -0.1) is 10.3 Å². The molecule has 1 unspecified atom stereocenters. The summed E-state index contributed by atoms with van der Waals surface area (Å²) in [6.45, 7) is 8.53. The third-order valence-electron chi connectivity index (χ3n) is 3.79. The first kappa shape index (κ1) is 16.9. The highest BCUT2D eigenvalue weighted by Crippen LogP contribution is 2.44. The van der Waals surface area contributed by atoms with Crippen molar-refractivity contribution in [1.29, 1.82) is 0 Å². The van der Waals surface area contributed by atoms with Crippen molar-refractivity contribution < 1.29 is 24.3 Å². The molecule has 0 aliphatic carbocycles. The maximum atomic E-state index is 12.2. The second kappa shape index (κ2) is 6.10. The van der Waals surface area contributed by atoms with Crippen molar-refractivity contribution in [2.75, 3.05) is 6.79 Å². The van der Waals surface area contributed by atoms with Crippen LogP contribution < -0.4 is 0 Å². The van der Waals surface area contributed by atoms with E-state index in [1.807, 2.05) is 6.92 Å². The maximum absolute atomic E-state index is 12.2. The van der Waals surface area contributed by atoms with Gasteiger partial charge in [-0.1, -0.05) is 6.92 Å². The monoisotopic (exact) mass is 286 g/mol. The summed E-state index contributed by atoms with van der Waals surface area (Å²) < 4.78 is 9.76. The fourth-order valence-electron chi connectivity index (χ4n) is 2.66. The van der Waals surface area contributed by atoms with E-state index in [0.29, 0.717) is 19.3 Å².